The number of hydrogen-bond acceptors (Lipinski definition) is 5. The summed E-state index contributed by atoms with van der Waals surface area (Å²) in [5, 5.41) is 12.2. The van der Waals surface area contributed by atoms with Crippen LogP contribution in [-0.4, -0.2) is 38.3 Å². The van der Waals surface area contributed by atoms with Crippen molar-refractivity contribution in [3.63, 3.8) is 0 Å². The van der Waals surface area contributed by atoms with Crippen molar-refractivity contribution in [1.82, 2.24) is 5.32 Å². The second kappa shape index (κ2) is 8.44. The molecule has 144 valence electrons. The van der Waals surface area contributed by atoms with Crippen LogP contribution in [-0.2, 0) is 4.79 Å². The first-order chi connectivity index (χ1) is 12.8. The third-order valence-electron chi connectivity index (χ3n) is 4.03. The Morgan fingerprint density at radius 3 is 1.81 bits per heavy atom. The summed E-state index contributed by atoms with van der Waals surface area (Å²) in [5.74, 6) is -0.761. The maximum Gasteiger partial charge on any atom is 0.330 e. The minimum Gasteiger partial charge on any atom is -0.493 e. The summed E-state index contributed by atoms with van der Waals surface area (Å²) in [5.41, 5.74) is 2.53. The summed E-state index contributed by atoms with van der Waals surface area (Å²) in [4.78, 5) is 24.5. The van der Waals surface area contributed by atoms with Gasteiger partial charge < -0.3 is 24.6 Å². The van der Waals surface area contributed by atoms with Gasteiger partial charge in [-0.15, -0.1) is 0 Å². The molecule has 2 aromatic rings. The van der Waals surface area contributed by atoms with Crippen molar-refractivity contribution in [2.24, 2.45) is 0 Å². The molecule has 0 saturated carbocycles. The molecule has 0 fully saturated rings. The van der Waals surface area contributed by atoms with Crippen molar-refractivity contribution < 1.29 is 28.9 Å². The van der Waals surface area contributed by atoms with E-state index in [0.29, 0.717) is 22.8 Å². The fourth-order valence-electron chi connectivity index (χ4n) is 2.89. The lowest BCUT2D eigenvalue weighted by molar-refractivity contribution is -0.139. The average molecular weight is 373 g/mol. The van der Waals surface area contributed by atoms with Crippen molar-refractivity contribution >= 4 is 11.9 Å². The van der Waals surface area contributed by atoms with E-state index in [9.17, 15) is 14.7 Å². The van der Waals surface area contributed by atoms with Gasteiger partial charge in [-0.25, -0.2) is 4.79 Å². The molecule has 0 aliphatic heterocycles. The number of methoxy groups -OCH3 is 3. The monoisotopic (exact) mass is 373 g/mol. The second-order valence-corrected chi connectivity index (χ2v) is 6.08. The number of carbonyl (C=O) groups is 2. The molecule has 0 bridgehead atoms. The van der Waals surface area contributed by atoms with Gasteiger partial charge >= 0.3 is 5.97 Å². The molecule has 2 N–H and O–H groups in total. The Hall–Kier alpha value is -3.22. The average Bonchev–Trinajstić information content (AvgIpc) is 2.63. The van der Waals surface area contributed by atoms with Crippen LogP contribution in [0.15, 0.2) is 30.3 Å². The molecule has 0 spiro atoms. The number of ether oxygens (including phenoxy) is 3. The van der Waals surface area contributed by atoms with Crippen LogP contribution in [0.2, 0.25) is 0 Å². The molecule has 7 heteroatoms. The summed E-state index contributed by atoms with van der Waals surface area (Å²) in [6.07, 6.45) is 0. The first kappa shape index (κ1) is 20.1. The van der Waals surface area contributed by atoms with Gasteiger partial charge in [-0.05, 0) is 31.5 Å². The van der Waals surface area contributed by atoms with Crippen LogP contribution in [0.1, 0.15) is 33.1 Å². The van der Waals surface area contributed by atoms with Crippen molar-refractivity contribution in [2.45, 2.75) is 19.9 Å². The normalized spacial score (nSPS) is 11.4. The summed E-state index contributed by atoms with van der Waals surface area (Å²) in [7, 11) is 4.34. The lowest BCUT2D eigenvalue weighted by Gasteiger charge is -2.18. The van der Waals surface area contributed by atoms with E-state index in [1.165, 1.54) is 33.5 Å². The molecule has 2 rings (SSSR count). The predicted octanol–water partition coefficient (Wildman–Crippen LogP) is 2.88. The van der Waals surface area contributed by atoms with Crippen LogP contribution in [0.5, 0.6) is 17.2 Å². The number of hydrogen-bond donors (Lipinski definition) is 2. The third kappa shape index (κ3) is 4.49. The summed E-state index contributed by atoms with van der Waals surface area (Å²) in [6, 6.07) is 7.16. The highest BCUT2D eigenvalue weighted by Gasteiger charge is 2.25. The SMILES string of the molecule is COc1cc(C(=O)NC(C(=O)O)c2cc(C)cc(C)c2)cc(OC)c1OC. The topological polar surface area (TPSA) is 94.1 Å². The molecular formula is C20H23NO6. The lowest BCUT2D eigenvalue weighted by atomic mass is 10.0. The van der Waals surface area contributed by atoms with Gasteiger partial charge in [-0.3, -0.25) is 4.79 Å². The van der Waals surface area contributed by atoms with Crippen LogP contribution >= 0.6 is 0 Å². The Balaban J connectivity index is 2.40. The Morgan fingerprint density at radius 1 is 0.889 bits per heavy atom. The van der Waals surface area contributed by atoms with E-state index >= 15 is 0 Å². The number of carbonyl (C=O) groups excluding carboxylic acids is 1. The van der Waals surface area contributed by atoms with Crippen molar-refractivity contribution in [3.8, 4) is 17.2 Å². The van der Waals surface area contributed by atoms with Crippen LogP contribution in [0.4, 0.5) is 0 Å². The molecule has 0 aliphatic carbocycles. The standard InChI is InChI=1S/C20H23NO6/c1-11-6-12(2)8-13(7-11)17(20(23)24)21-19(22)14-9-15(25-3)18(27-5)16(10-14)26-4/h6-10,17H,1-5H3,(H,21,22)(H,23,24). The maximum atomic E-state index is 12.7. The number of benzene rings is 2. The zero-order valence-corrected chi connectivity index (χ0v) is 16.0. The Morgan fingerprint density at radius 2 is 1.41 bits per heavy atom. The van der Waals surface area contributed by atoms with Gasteiger partial charge in [-0.1, -0.05) is 29.3 Å². The molecule has 27 heavy (non-hydrogen) atoms. The minimum atomic E-state index is -1.19. The predicted molar refractivity (Wildman–Crippen MR) is 99.9 cm³/mol. The largest absolute Gasteiger partial charge is 0.493 e. The quantitative estimate of drug-likeness (QED) is 0.775. The second-order valence-electron chi connectivity index (χ2n) is 6.08. The van der Waals surface area contributed by atoms with E-state index in [4.69, 9.17) is 14.2 Å². The molecule has 0 saturated heterocycles. The molecular weight excluding hydrogens is 350 g/mol. The van der Waals surface area contributed by atoms with Crippen LogP contribution in [0.3, 0.4) is 0 Å². The third-order valence-corrected chi connectivity index (χ3v) is 4.03. The smallest absolute Gasteiger partial charge is 0.330 e. The number of rotatable bonds is 7. The molecule has 1 amide bonds. The Bertz CT molecular complexity index is 816. The molecule has 0 aliphatic rings. The highest BCUT2D eigenvalue weighted by molar-refractivity contribution is 5.98. The van der Waals surface area contributed by atoms with E-state index in [-0.39, 0.29) is 5.56 Å². The molecule has 7 nitrogen and oxygen atoms in total. The van der Waals surface area contributed by atoms with E-state index < -0.39 is 17.9 Å². The number of nitrogens with one attached hydrogen (secondary N) is 1. The number of aryl methyl sites for hydroxylation is 2. The first-order valence-electron chi connectivity index (χ1n) is 8.22. The van der Waals surface area contributed by atoms with Gasteiger partial charge in [0.05, 0.1) is 21.3 Å². The lowest BCUT2D eigenvalue weighted by Crippen LogP contribution is -2.33. The van der Waals surface area contributed by atoms with Crippen LogP contribution < -0.4 is 19.5 Å². The van der Waals surface area contributed by atoms with E-state index in [1.54, 1.807) is 12.1 Å². The van der Waals surface area contributed by atoms with Crippen molar-refractivity contribution in [3.05, 3.63) is 52.6 Å². The van der Waals surface area contributed by atoms with Crippen LogP contribution in [0.25, 0.3) is 0 Å². The molecule has 0 radical (unpaired) electrons. The summed E-state index contributed by atoms with van der Waals surface area (Å²) in [6.45, 7) is 3.74. The number of aliphatic carboxylic acids is 1. The molecule has 1 unspecified atom stereocenters. The zero-order chi connectivity index (χ0) is 20.1. The van der Waals surface area contributed by atoms with Gasteiger partial charge in [0.25, 0.3) is 5.91 Å². The molecule has 0 heterocycles. The zero-order valence-electron chi connectivity index (χ0n) is 16.0. The Labute approximate surface area is 157 Å². The molecule has 1 atom stereocenters. The van der Waals surface area contributed by atoms with Crippen LogP contribution in [0, 0.1) is 13.8 Å². The molecule has 2 aromatic carbocycles. The fourth-order valence-corrected chi connectivity index (χ4v) is 2.89. The minimum absolute atomic E-state index is 0.195. The van der Waals surface area contributed by atoms with Gasteiger partial charge in [-0.2, -0.15) is 0 Å². The van der Waals surface area contributed by atoms with E-state index in [2.05, 4.69) is 5.32 Å². The van der Waals surface area contributed by atoms with Gasteiger partial charge in [0.1, 0.15) is 0 Å². The highest BCUT2D eigenvalue weighted by Crippen LogP contribution is 2.38. The fraction of sp³-hybridized carbons (Fsp3) is 0.300. The van der Waals surface area contributed by atoms with Crippen molar-refractivity contribution in [1.29, 1.82) is 0 Å². The van der Waals surface area contributed by atoms with E-state index in [1.807, 2.05) is 19.9 Å². The molecule has 0 aromatic heterocycles. The Kier molecular flexibility index (Phi) is 6.28. The summed E-state index contributed by atoms with van der Waals surface area (Å²) < 4.78 is 15.7. The summed E-state index contributed by atoms with van der Waals surface area (Å²) >= 11 is 0. The first-order valence-corrected chi connectivity index (χ1v) is 8.22. The van der Waals surface area contributed by atoms with Gasteiger partial charge in [0, 0.05) is 5.56 Å². The maximum absolute atomic E-state index is 12.7. The number of carboxylic acid groups (broad SMARTS) is 1. The number of carboxylic acids is 1. The van der Waals surface area contributed by atoms with E-state index in [0.717, 1.165) is 11.1 Å². The van der Waals surface area contributed by atoms with Crippen molar-refractivity contribution in [2.75, 3.05) is 21.3 Å². The van der Waals surface area contributed by atoms with Gasteiger partial charge in [0.15, 0.2) is 17.5 Å². The number of amides is 1. The van der Waals surface area contributed by atoms with Gasteiger partial charge in [0.2, 0.25) is 5.75 Å². The highest BCUT2D eigenvalue weighted by atomic mass is 16.5.